The molecule has 2 aromatic carbocycles. The number of aromatic nitrogens is 3. The van der Waals surface area contributed by atoms with Gasteiger partial charge >= 0.3 is 0 Å². The van der Waals surface area contributed by atoms with Gasteiger partial charge in [-0.1, -0.05) is 49.6 Å². The third-order valence-electron chi connectivity index (χ3n) is 6.44. The third kappa shape index (κ3) is 2.21. The molecule has 2 aliphatic rings. The highest BCUT2D eigenvalue weighted by Crippen LogP contribution is 2.43. The lowest BCUT2D eigenvalue weighted by molar-refractivity contribution is 0.443. The number of para-hydroxylation sites is 2. The van der Waals surface area contributed by atoms with E-state index in [1.807, 2.05) is 34.9 Å². The molecule has 0 spiro atoms. The summed E-state index contributed by atoms with van der Waals surface area (Å²) < 4.78 is 1.82. The minimum absolute atomic E-state index is 0.0391. The van der Waals surface area contributed by atoms with E-state index in [2.05, 4.69) is 18.2 Å². The monoisotopic (exact) mass is 367 g/mol. The van der Waals surface area contributed by atoms with E-state index in [1.165, 1.54) is 48.6 Å². The molecule has 28 heavy (non-hydrogen) atoms. The van der Waals surface area contributed by atoms with Crippen LogP contribution in [0.15, 0.2) is 53.3 Å². The van der Waals surface area contributed by atoms with E-state index in [0.717, 1.165) is 22.6 Å². The molecular weight excluding hydrogens is 346 g/mol. The molecule has 0 atom stereocenters. The van der Waals surface area contributed by atoms with Crippen LogP contribution < -0.4 is 5.56 Å². The fourth-order valence-corrected chi connectivity index (χ4v) is 5.13. The Kier molecular flexibility index (Phi) is 3.42. The lowest BCUT2D eigenvalue weighted by Crippen LogP contribution is -2.20. The highest BCUT2D eigenvalue weighted by atomic mass is 16.1. The first kappa shape index (κ1) is 16.0. The van der Waals surface area contributed by atoms with Crippen molar-refractivity contribution in [2.45, 2.75) is 44.6 Å². The van der Waals surface area contributed by atoms with E-state index in [-0.39, 0.29) is 5.56 Å². The van der Waals surface area contributed by atoms with Crippen molar-refractivity contribution in [2.24, 2.45) is 0 Å². The molecule has 6 rings (SSSR count). The van der Waals surface area contributed by atoms with Crippen LogP contribution in [0.5, 0.6) is 0 Å². The third-order valence-corrected chi connectivity index (χ3v) is 6.44. The second-order valence-electron chi connectivity index (χ2n) is 8.05. The summed E-state index contributed by atoms with van der Waals surface area (Å²) in [5, 5.41) is 1.93. The zero-order chi connectivity index (χ0) is 18.7. The van der Waals surface area contributed by atoms with E-state index >= 15 is 0 Å². The van der Waals surface area contributed by atoms with Crippen LogP contribution in [0.2, 0.25) is 0 Å². The van der Waals surface area contributed by atoms with Crippen LogP contribution in [0.4, 0.5) is 0 Å². The van der Waals surface area contributed by atoms with E-state index in [9.17, 15) is 4.79 Å². The fourth-order valence-electron chi connectivity index (χ4n) is 5.13. The average Bonchev–Trinajstić information content (AvgIpc) is 3.11. The highest BCUT2D eigenvalue weighted by molar-refractivity contribution is 5.89. The molecule has 4 nitrogen and oxygen atoms in total. The first-order valence-corrected chi connectivity index (χ1v) is 10.2. The zero-order valence-corrected chi connectivity index (χ0v) is 15.7. The average molecular weight is 367 g/mol. The Labute approximate surface area is 162 Å². The van der Waals surface area contributed by atoms with Crippen molar-refractivity contribution in [3.63, 3.8) is 0 Å². The maximum Gasteiger partial charge on any atom is 0.262 e. The Bertz CT molecular complexity index is 1300. The molecule has 1 aliphatic heterocycles. The van der Waals surface area contributed by atoms with E-state index in [4.69, 9.17) is 9.97 Å². The molecular formula is C24H21N3O. The van der Waals surface area contributed by atoms with Crippen LogP contribution >= 0.6 is 0 Å². The fraction of sp³-hybridized carbons (Fsp3) is 0.292. The van der Waals surface area contributed by atoms with Crippen LogP contribution in [0, 0.1) is 0 Å². The number of benzene rings is 2. The molecule has 0 amide bonds. The SMILES string of the molecule is O=c1c2ccccc2nc2n1Cc1c-2nc2ccccc2c1C1CCCCC1. The molecule has 138 valence electrons. The van der Waals surface area contributed by atoms with Crippen molar-refractivity contribution in [3.8, 4) is 11.5 Å². The highest BCUT2D eigenvalue weighted by Gasteiger charge is 2.31. The van der Waals surface area contributed by atoms with E-state index in [1.54, 1.807) is 0 Å². The summed E-state index contributed by atoms with van der Waals surface area (Å²) in [4.78, 5) is 23.0. The van der Waals surface area contributed by atoms with Gasteiger partial charge in [-0.15, -0.1) is 0 Å². The molecule has 1 aliphatic carbocycles. The molecule has 0 bridgehead atoms. The summed E-state index contributed by atoms with van der Waals surface area (Å²) in [6.07, 6.45) is 6.34. The van der Waals surface area contributed by atoms with E-state index < -0.39 is 0 Å². The Morgan fingerprint density at radius 2 is 1.50 bits per heavy atom. The molecule has 2 aromatic heterocycles. The van der Waals surface area contributed by atoms with Crippen molar-refractivity contribution >= 4 is 21.8 Å². The summed E-state index contributed by atoms with van der Waals surface area (Å²) in [6.45, 7) is 0.588. The van der Waals surface area contributed by atoms with Gasteiger partial charge in [0.05, 0.1) is 23.0 Å². The van der Waals surface area contributed by atoms with Gasteiger partial charge in [-0.05, 0) is 42.5 Å². The standard InChI is InChI=1S/C24H21N3O/c28-24-17-11-5-7-13-20(17)26-23-22-18(14-27(23)24)21(15-8-2-1-3-9-15)16-10-4-6-12-19(16)25-22/h4-7,10-13,15H,1-3,8-9,14H2. The van der Waals surface area contributed by atoms with Crippen molar-refractivity contribution in [1.29, 1.82) is 0 Å². The molecule has 1 fully saturated rings. The first-order valence-electron chi connectivity index (χ1n) is 10.2. The van der Waals surface area contributed by atoms with Gasteiger partial charge in [0, 0.05) is 10.9 Å². The zero-order valence-electron chi connectivity index (χ0n) is 15.7. The van der Waals surface area contributed by atoms with E-state index in [0.29, 0.717) is 17.8 Å². The number of nitrogens with zero attached hydrogens (tertiary/aromatic N) is 3. The quantitative estimate of drug-likeness (QED) is 0.418. The van der Waals surface area contributed by atoms with Crippen molar-refractivity contribution in [2.75, 3.05) is 0 Å². The lowest BCUT2D eigenvalue weighted by Gasteiger charge is -2.25. The molecule has 3 heterocycles. The number of fused-ring (bicyclic) bond motifs is 5. The van der Waals surface area contributed by atoms with Crippen molar-refractivity contribution in [1.82, 2.24) is 14.5 Å². The van der Waals surface area contributed by atoms with Gasteiger partial charge in [-0.2, -0.15) is 0 Å². The van der Waals surface area contributed by atoms with Crippen molar-refractivity contribution in [3.05, 3.63) is 70.0 Å². The minimum atomic E-state index is 0.0391. The summed E-state index contributed by atoms with van der Waals surface area (Å²) in [5.41, 5.74) is 5.33. The maximum absolute atomic E-state index is 13.2. The Hall–Kier alpha value is -3.01. The predicted octanol–water partition coefficient (Wildman–Crippen LogP) is 5.02. The Morgan fingerprint density at radius 3 is 2.29 bits per heavy atom. The van der Waals surface area contributed by atoms with Gasteiger partial charge in [0.15, 0.2) is 5.82 Å². The van der Waals surface area contributed by atoms with Crippen LogP contribution in [0.1, 0.15) is 49.1 Å². The minimum Gasteiger partial charge on any atom is -0.286 e. The second kappa shape index (κ2) is 5.99. The normalized spacial score (nSPS) is 16.4. The molecule has 0 N–H and O–H groups in total. The first-order chi connectivity index (χ1) is 13.8. The molecule has 0 saturated heterocycles. The summed E-state index contributed by atoms with van der Waals surface area (Å²) in [5.74, 6) is 1.27. The van der Waals surface area contributed by atoms with Crippen LogP contribution in [0.25, 0.3) is 33.3 Å². The van der Waals surface area contributed by atoms with Crippen LogP contribution in [-0.4, -0.2) is 14.5 Å². The Morgan fingerprint density at radius 1 is 0.821 bits per heavy atom. The Balaban J connectivity index is 1.68. The number of rotatable bonds is 1. The van der Waals surface area contributed by atoms with Gasteiger partial charge in [0.2, 0.25) is 0 Å². The summed E-state index contributed by atoms with van der Waals surface area (Å²) >= 11 is 0. The topological polar surface area (TPSA) is 47.8 Å². The van der Waals surface area contributed by atoms with Gasteiger partial charge in [-0.3, -0.25) is 9.36 Å². The maximum atomic E-state index is 13.2. The number of hydrogen-bond acceptors (Lipinski definition) is 3. The molecule has 4 heteroatoms. The molecule has 0 unspecified atom stereocenters. The lowest BCUT2D eigenvalue weighted by atomic mass is 9.80. The summed E-state index contributed by atoms with van der Waals surface area (Å²) in [6, 6.07) is 16.0. The molecule has 0 radical (unpaired) electrons. The van der Waals surface area contributed by atoms with Gasteiger partial charge in [0.25, 0.3) is 5.56 Å². The predicted molar refractivity (Wildman–Crippen MR) is 112 cm³/mol. The van der Waals surface area contributed by atoms with Crippen LogP contribution in [0.3, 0.4) is 0 Å². The van der Waals surface area contributed by atoms with Crippen molar-refractivity contribution < 1.29 is 0 Å². The molecule has 1 saturated carbocycles. The van der Waals surface area contributed by atoms with Gasteiger partial charge < -0.3 is 0 Å². The van der Waals surface area contributed by atoms with Crippen LogP contribution in [-0.2, 0) is 6.54 Å². The largest absolute Gasteiger partial charge is 0.286 e. The van der Waals surface area contributed by atoms with Gasteiger partial charge in [-0.25, -0.2) is 9.97 Å². The smallest absolute Gasteiger partial charge is 0.262 e. The van der Waals surface area contributed by atoms with Gasteiger partial charge in [0.1, 0.15) is 5.69 Å². The molecule has 4 aromatic rings. The summed E-state index contributed by atoms with van der Waals surface area (Å²) in [7, 11) is 0. The number of hydrogen-bond donors (Lipinski definition) is 0. The number of pyridine rings is 1. The second-order valence-corrected chi connectivity index (χ2v) is 8.05.